The van der Waals surface area contributed by atoms with Gasteiger partial charge in [-0.2, -0.15) is 0 Å². The van der Waals surface area contributed by atoms with Crippen molar-refractivity contribution in [2.45, 2.75) is 12.6 Å². The molecule has 0 spiro atoms. The molecule has 1 amide bonds. The molecular weight excluding hydrogens is 146 g/mol. The fourth-order valence-electron chi connectivity index (χ4n) is 0.758. The quantitative estimate of drug-likeness (QED) is 0.524. The van der Waals surface area contributed by atoms with Crippen molar-refractivity contribution in [2.24, 2.45) is 0 Å². The number of hydrogen-bond acceptors (Lipinski definition) is 3. The standard InChI is InChI=1S/C7H9NO3/c1-7(11-2)4-3-5(9)6(10)8-7/h3-4H,1-2H3,(H,8,10). The Morgan fingerprint density at radius 3 is 2.64 bits per heavy atom. The van der Waals surface area contributed by atoms with Gasteiger partial charge in [0.1, 0.15) is 0 Å². The minimum atomic E-state index is -0.828. The van der Waals surface area contributed by atoms with E-state index in [1.165, 1.54) is 19.3 Å². The van der Waals surface area contributed by atoms with Crippen molar-refractivity contribution in [3.05, 3.63) is 12.2 Å². The molecule has 0 radical (unpaired) electrons. The average molecular weight is 155 g/mol. The van der Waals surface area contributed by atoms with E-state index in [1.54, 1.807) is 6.92 Å². The van der Waals surface area contributed by atoms with Gasteiger partial charge < -0.3 is 10.1 Å². The van der Waals surface area contributed by atoms with Crippen LogP contribution in [-0.4, -0.2) is 24.5 Å². The van der Waals surface area contributed by atoms with Gasteiger partial charge in [-0.1, -0.05) is 0 Å². The number of carbonyl (C=O) groups excluding carboxylic acids is 2. The van der Waals surface area contributed by atoms with Gasteiger partial charge in [-0.25, -0.2) is 0 Å². The van der Waals surface area contributed by atoms with Gasteiger partial charge in [-0.05, 0) is 19.1 Å². The van der Waals surface area contributed by atoms with Crippen molar-refractivity contribution in [1.82, 2.24) is 5.32 Å². The molecule has 0 bridgehead atoms. The van der Waals surface area contributed by atoms with E-state index in [4.69, 9.17) is 4.74 Å². The monoisotopic (exact) mass is 155 g/mol. The van der Waals surface area contributed by atoms with E-state index in [9.17, 15) is 9.59 Å². The highest BCUT2D eigenvalue weighted by Gasteiger charge is 2.29. The third kappa shape index (κ3) is 1.46. The molecule has 0 aromatic rings. The molecule has 0 saturated carbocycles. The Kier molecular flexibility index (Phi) is 1.78. The molecule has 1 unspecified atom stereocenters. The molecule has 4 heteroatoms. The highest BCUT2D eigenvalue weighted by molar-refractivity contribution is 6.41. The molecule has 1 aliphatic heterocycles. The zero-order valence-corrected chi connectivity index (χ0v) is 6.38. The van der Waals surface area contributed by atoms with Crippen LogP contribution in [0.2, 0.25) is 0 Å². The van der Waals surface area contributed by atoms with Crippen molar-refractivity contribution in [3.63, 3.8) is 0 Å². The van der Waals surface area contributed by atoms with Crippen molar-refractivity contribution >= 4 is 11.7 Å². The number of carbonyl (C=O) groups is 2. The van der Waals surface area contributed by atoms with Gasteiger partial charge in [0.05, 0.1) is 0 Å². The molecule has 1 N–H and O–H groups in total. The highest BCUT2D eigenvalue weighted by atomic mass is 16.5. The third-order valence-electron chi connectivity index (χ3n) is 1.56. The fraction of sp³-hybridized carbons (Fsp3) is 0.429. The summed E-state index contributed by atoms with van der Waals surface area (Å²) in [6.45, 7) is 1.66. The maximum atomic E-state index is 10.8. The zero-order chi connectivity index (χ0) is 8.48. The maximum absolute atomic E-state index is 10.8. The summed E-state index contributed by atoms with van der Waals surface area (Å²) in [4.78, 5) is 21.4. The average Bonchev–Trinajstić information content (AvgIpc) is 1.98. The van der Waals surface area contributed by atoms with Crippen LogP contribution in [0.4, 0.5) is 0 Å². The van der Waals surface area contributed by atoms with E-state index >= 15 is 0 Å². The Morgan fingerprint density at radius 2 is 2.18 bits per heavy atom. The van der Waals surface area contributed by atoms with Gasteiger partial charge in [0.15, 0.2) is 5.72 Å². The van der Waals surface area contributed by atoms with Crippen molar-refractivity contribution in [3.8, 4) is 0 Å². The van der Waals surface area contributed by atoms with Crippen LogP contribution in [0.15, 0.2) is 12.2 Å². The predicted molar refractivity (Wildman–Crippen MR) is 37.7 cm³/mol. The maximum Gasteiger partial charge on any atom is 0.294 e. The number of methoxy groups -OCH3 is 1. The minimum Gasteiger partial charge on any atom is -0.356 e. The summed E-state index contributed by atoms with van der Waals surface area (Å²) in [6.07, 6.45) is 2.72. The molecule has 0 aliphatic carbocycles. The Balaban J connectivity index is 2.86. The van der Waals surface area contributed by atoms with E-state index in [0.717, 1.165) is 0 Å². The van der Waals surface area contributed by atoms with Crippen molar-refractivity contribution in [2.75, 3.05) is 7.11 Å². The number of ether oxygens (including phenoxy) is 1. The minimum absolute atomic E-state index is 0.542. The predicted octanol–water partition coefficient (Wildman–Crippen LogP) is -0.396. The number of ketones is 1. The molecule has 0 saturated heterocycles. The Labute approximate surface area is 64.2 Å². The van der Waals surface area contributed by atoms with Gasteiger partial charge in [0.2, 0.25) is 5.78 Å². The first kappa shape index (κ1) is 7.94. The molecule has 0 aromatic heterocycles. The lowest BCUT2D eigenvalue weighted by Crippen LogP contribution is -2.51. The van der Waals surface area contributed by atoms with Crippen LogP contribution >= 0.6 is 0 Å². The first-order valence-corrected chi connectivity index (χ1v) is 3.18. The largest absolute Gasteiger partial charge is 0.356 e. The summed E-state index contributed by atoms with van der Waals surface area (Å²) in [5.74, 6) is -1.17. The van der Waals surface area contributed by atoms with E-state index in [0.29, 0.717) is 0 Å². The highest BCUT2D eigenvalue weighted by Crippen LogP contribution is 2.10. The van der Waals surface area contributed by atoms with Crippen LogP contribution in [0, 0.1) is 0 Å². The Bertz CT molecular complexity index is 234. The molecule has 60 valence electrons. The van der Waals surface area contributed by atoms with Crippen LogP contribution in [0.3, 0.4) is 0 Å². The first-order chi connectivity index (χ1) is 5.07. The third-order valence-corrected chi connectivity index (χ3v) is 1.56. The van der Waals surface area contributed by atoms with Crippen LogP contribution in [0.1, 0.15) is 6.92 Å². The molecule has 1 heterocycles. The SMILES string of the molecule is COC1(C)C=CC(=O)C(=O)N1. The fourth-order valence-corrected chi connectivity index (χ4v) is 0.758. The van der Waals surface area contributed by atoms with Crippen LogP contribution in [-0.2, 0) is 14.3 Å². The van der Waals surface area contributed by atoms with Crippen molar-refractivity contribution in [1.29, 1.82) is 0 Å². The first-order valence-electron chi connectivity index (χ1n) is 3.18. The molecule has 11 heavy (non-hydrogen) atoms. The van der Waals surface area contributed by atoms with Crippen LogP contribution < -0.4 is 5.32 Å². The second-order valence-corrected chi connectivity index (χ2v) is 2.46. The summed E-state index contributed by atoms with van der Waals surface area (Å²) >= 11 is 0. The number of rotatable bonds is 1. The van der Waals surface area contributed by atoms with E-state index in [1.807, 2.05) is 0 Å². The van der Waals surface area contributed by atoms with E-state index in [-0.39, 0.29) is 0 Å². The van der Waals surface area contributed by atoms with Crippen LogP contribution in [0.25, 0.3) is 0 Å². The van der Waals surface area contributed by atoms with Gasteiger partial charge in [-0.15, -0.1) is 0 Å². The number of hydrogen-bond donors (Lipinski definition) is 1. The molecule has 4 nitrogen and oxygen atoms in total. The van der Waals surface area contributed by atoms with Gasteiger partial charge >= 0.3 is 0 Å². The molecule has 1 atom stereocenters. The second kappa shape index (κ2) is 2.47. The summed E-state index contributed by atoms with van der Waals surface area (Å²) in [5, 5.41) is 2.39. The smallest absolute Gasteiger partial charge is 0.294 e. The van der Waals surface area contributed by atoms with Gasteiger partial charge in [0.25, 0.3) is 5.91 Å². The molecular formula is C7H9NO3. The lowest BCUT2D eigenvalue weighted by molar-refractivity contribution is -0.140. The zero-order valence-electron chi connectivity index (χ0n) is 6.38. The van der Waals surface area contributed by atoms with E-state index in [2.05, 4.69) is 5.32 Å². The Morgan fingerprint density at radius 1 is 1.55 bits per heavy atom. The van der Waals surface area contributed by atoms with E-state index < -0.39 is 17.4 Å². The van der Waals surface area contributed by atoms with Crippen molar-refractivity contribution < 1.29 is 14.3 Å². The summed E-state index contributed by atoms with van der Waals surface area (Å²) in [5.41, 5.74) is -0.828. The summed E-state index contributed by atoms with van der Waals surface area (Å²) < 4.78 is 4.93. The summed E-state index contributed by atoms with van der Waals surface area (Å²) in [7, 11) is 1.46. The molecule has 1 rings (SSSR count). The van der Waals surface area contributed by atoms with Gasteiger partial charge in [-0.3, -0.25) is 9.59 Å². The number of nitrogens with one attached hydrogen (secondary N) is 1. The molecule has 0 fully saturated rings. The van der Waals surface area contributed by atoms with Crippen LogP contribution in [0.5, 0.6) is 0 Å². The van der Waals surface area contributed by atoms with Gasteiger partial charge in [0, 0.05) is 7.11 Å². The normalized spacial score (nSPS) is 30.4. The topological polar surface area (TPSA) is 55.4 Å². The molecule has 1 aliphatic rings. The summed E-state index contributed by atoms with van der Waals surface area (Å²) in [6, 6.07) is 0. The molecule has 0 aromatic carbocycles. The lowest BCUT2D eigenvalue weighted by Gasteiger charge is -2.27. The lowest BCUT2D eigenvalue weighted by atomic mass is 10.1. The Hall–Kier alpha value is -1.16. The number of amides is 1. The second-order valence-electron chi connectivity index (χ2n) is 2.46.